The minimum Gasteiger partial charge on any atom is -0.437 e. The summed E-state index contributed by atoms with van der Waals surface area (Å²) < 4.78 is 36.7. The molecule has 0 fully saturated rings. The lowest BCUT2D eigenvalue weighted by Gasteiger charge is -2.08. The average molecular weight is 273 g/mol. The molecule has 4 nitrogen and oxygen atoms in total. The Kier molecular flexibility index (Phi) is 5.37. The van der Waals surface area contributed by atoms with Crippen molar-refractivity contribution in [3.05, 3.63) is 29.8 Å². The molecule has 8 heteroatoms. The van der Waals surface area contributed by atoms with Crippen molar-refractivity contribution in [3.8, 4) is 0 Å². The molecule has 1 aromatic carbocycles. The largest absolute Gasteiger partial charge is 0.437 e. The molecule has 0 saturated carbocycles. The van der Waals surface area contributed by atoms with Gasteiger partial charge in [0.1, 0.15) is 5.71 Å². The molecule has 0 aliphatic heterocycles. The second-order valence-electron chi connectivity index (χ2n) is 4.06. The number of anilines is 1. The fourth-order valence-corrected chi connectivity index (χ4v) is 1.23. The highest BCUT2D eigenvalue weighted by Crippen LogP contribution is 2.17. The van der Waals surface area contributed by atoms with E-state index in [4.69, 9.17) is 5.02 Å². The van der Waals surface area contributed by atoms with E-state index < -0.39 is 18.9 Å². The number of benzene rings is 1. The summed E-state index contributed by atoms with van der Waals surface area (Å²) >= 11 is 0. The van der Waals surface area contributed by atoms with Gasteiger partial charge in [0, 0.05) is 6.54 Å². The first-order valence-corrected chi connectivity index (χ1v) is 5.67. The maximum atomic E-state index is 12.2. The molecule has 0 heterocycles. The zero-order valence-electron chi connectivity index (χ0n) is 10.6. The Bertz CT molecular complexity index is 449. The van der Waals surface area contributed by atoms with Gasteiger partial charge >= 0.3 is 13.2 Å². The van der Waals surface area contributed by atoms with Gasteiger partial charge in [0.05, 0.1) is 5.69 Å². The molecule has 0 radical (unpaired) electrons. The fourth-order valence-electron chi connectivity index (χ4n) is 1.23. The molecule has 0 amide bonds. The Morgan fingerprint density at radius 2 is 2.11 bits per heavy atom. The van der Waals surface area contributed by atoms with E-state index in [1.54, 1.807) is 31.1 Å². The van der Waals surface area contributed by atoms with Crippen molar-refractivity contribution in [2.75, 3.05) is 5.43 Å². The van der Waals surface area contributed by atoms with E-state index in [2.05, 4.69) is 15.8 Å². The summed E-state index contributed by atoms with van der Waals surface area (Å²) in [4.78, 5) is 0. The fraction of sp³-hybridized carbons (Fsp3) is 0.364. The molecule has 0 saturated heterocycles. The zero-order chi connectivity index (χ0) is 14.5. The van der Waals surface area contributed by atoms with Crippen LogP contribution in [0.15, 0.2) is 29.4 Å². The van der Waals surface area contributed by atoms with Crippen LogP contribution in [0.25, 0.3) is 0 Å². The second kappa shape index (κ2) is 6.58. The molecule has 1 rings (SSSR count). The third kappa shape index (κ3) is 5.76. The van der Waals surface area contributed by atoms with Crippen LogP contribution < -0.4 is 10.7 Å². The number of nitrogens with zero attached hydrogens (tertiary/aromatic N) is 1. The molecule has 3 N–H and O–H groups in total. The van der Waals surface area contributed by atoms with E-state index in [0.717, 1.165) is 12.5 Å². The van der Waals surface area contributed by atoms with Gasteiger partial charge in [-0.05, 0) is 31.4 Å². The van der Waals surface area contributed by atoms with Crippen molar-refractivity contribution in [3.63, 3.8) is 0 Å². The highest BCUT2D eigenvalue weighted by Gasteiger charge is 2.32. The lowest BCUT2D eigenvalue weighted by atomic mass is 9.88. The molecule has 19 heavy (non-hydrogen) atoms. The Morgan fingerprint density at radius 1 is 1.42 bits per heavy atom. The number of hydrogen-bond acceptors (Lipinski definition) is 4. The van der Waals surface area contributed by atoms with Crippen molar-refractivity contribution in [1.29, 1.82) is 0 Å². The maximum absolute atomic E-state index is 12.2. The van der Waals surface area contributed by atoms with Gasteiger partial charge in [-0.3, -0.25) is 5.43 Å². The van der Waals surface area contributed by atoms with Crippen LogP contribution in [0.3, 0.4) is 0 Å². The van der Waals surface area contributed by atoms with Crippen LogP contribution in [0, 0.1) is 0 Å². The van der Waals surface area contributed by atoms with Crippen LogP contribution in [0.5, 0.6) is 0 Å². The molecular formula is C11H15BF3N3O. The van der Waals surface area contributed by atoms with Gasteiger partial charge < -0.3 is 10.3 Å². The number of rotatable bonds is 5. The number of alkyl halides is 3. The van der Waals surface area contributed by atoms with Crippen LogP contribution in [0.4, 0.5) is 18.9 Å². The predicted octanol–water partition coefficient (Wildman–Crippen LogP) is 2.24. The van der Waals surface area contributed by atoms with Crippen LogP contribution in [-0.2, 0) is 6.54 Å². The third-order valence-corrected chi connectivity index (χ3v) is 2.29. The third-order valence-electron chi connectivity index (χ3n) is 2.29. The smallest absolute Gasteiger partial charge is 0.430 e. The Balaban J connectivity index is 2.67. The van der Waals surface area contributed by atoms with Crippen LogP contribution >= 0.6 is 0 Å². The lowest BCUT2D eigenvalue weighted by molar-refractivity contribution is -0.0592. The summed E-state index contributed by atoms with van der Waals surface area (Å²) in [6.07, 6.45) is -4.43. The Labute approximate surface area is 109 Å². The second-order valence-corrected chi connectivity index (χ2v) is 4.06. The molecule has 0 spiro atoms. The van der Waals surface area contributed by atoms with E-state index in [0.29, 0.717) is 12.2 Å². The normalized spacial score (nSPS) is 12.4. The Morgan fingerprint density at radius 3 is 2.68 bits per heavy atom. The quantitative estimate of drug-likeness (QED) is 0.438. The summed E-state index contributed by atoms with van der Waals surface area (Å²) in [6, 6.07) is 6.75. The molecular weight excluding hydrogens is 258 g/mol. The Hall–Kier alpha value is -1.54. The number of hydrazone groups is 1. The topological polar surface area (TPSA) is 56.6 Å². The van der Waals surface area contributed by atoms with Crippen LogP contribution in [0.2, 0.25) is 6.82 Å². The molecule has 0 aromatic heterocycles. The number of nitrogens with one attached hydrogen (secondary N) is 2. The molecule has 1 aromatic rings. The summed E-state index contributed by atoms with van der Waals surface area (Å²) in [5, 5.41) is 15.1. The van der Waals surface area contributed by atoms with Gasteiger partial charge in [0.15, 0.2) is 0 Å². The van der Waals surface area contributed by atoms with Crippen molar-refractivity contribution in [2.24, 2.45) is 5.10 Å². The van der Waals surface area contributed by atoms with Gasteiger partial charge in [-0.2, -0.15) is 18.3 Å². The summed E-state index contributed by atoms with van der Waals surface area (Å²) in [5.74, 6) is 0. The van der Waals surface area contributed by atoms with Gasteiger partial charge in [0.25, 0.3) is 0 Å². The first-order valence-electron chi connectivity index (χ1n) is 5.67. The van der Waals surface area contributed by atoms with E-state index in [1.807, 2.05) is 0 Å². The molecule has 0 unspecified atom stereocenters. The highest BCUT2D eigenvalue weighted by molar-refractivity contribution is 6.45. The summed E-state index contributed by atoms with van der Waals surface area (Å²) in [7, 11) is -0.651. The molecule has 0 aliphatic carbocycles. The molecule has 0 aliphatic rings. The highest BCUT2D eigenvalue weighted by atomic mass is 19.4. The van der Waals surface area contributed by atoms with Crippen molar-refractivity contribution in [2.45, 2.75) is 26.5 Å². The minimum absolute atomic E-state index is 0.412. The van der Waals surface area contributed by atoms with E-state index in [-0.39, 0.29) is 0 Å². The first-order chi connectivity index (χ1) is 8.79. The number of hydrogen-bond donors (Lipinski definition) is 3. The lowest BCUT2D eigenvalue weighted by Crippen LogP contribution is -2.29. The van der Waals surface area contributed by atoms with Crippen molar-refractivity contribution >= 4 is 18.4 Å². The van der Waals surface area contributed by atoms with E-state index >= 15 is 0 Å². The summed E-state index contributed by atoms with van der Waals surface area (Å²) in [6.45, 7) is 2.89. The predicted molar refractivity (Wildman–Crippen MR) is 69.9 cm³/mol. The van der Waals surface area contributed by atoms with Gasteiger partial charge in [-0.15, -0.1) is 0 Å². The SMILES string of the molecule is CB(O)NCc1cccc(N/N=C(\C)C(F)(F)F)c1. The van der Waals surface area contributed by atoms with Gasteiger partial charge in [0.2, 0.25) is 0 Å². The summed E-state index contributed by atoms with van der Waals surface area (Å²) in [5.41, 5.74) is 2.69. The number of halogens is 3. The zero-order valence-corrected chi connectivity index (χ0v) is 10.6. The minimum atomic E-state index is -4.43. The molecule has 0 atom stereocenters. The van der Waals surface area contributed by atoms with Gasteiger partial charge in [-0.1, -0.05) is 12.1 Å². The average Bonchev–Trinajstić information content (AvgIpc) is 2.32. The first kappa shape index (κ1) is 15.5. The van der Waals surface area contributed by atoms with Crippen LogP contribution in [-0.4, -0.2) is 24.0 Å². The van der Waals surface area contributed by atoms with Crippen LogP contribution in [0.1, 0.15) is 12.5 Å². The standard InChI is InChI=1S/C11H15BF3N3O/c1-8(11(13,14)15)17-18-10-5-3-4-9(6-10)7-16-12(2)19/h3-6,16,18-19H,7H2,1-2H3/b17-8+. The van der Waals surface area contributed by atoms with E-state index in [1.165, 1.54) is 0 Å². The van der Waals surface area contributed by atoms with E-state index in [9.17, 15) is 13.2 Å². The van der Waals surface area contributed by atoms with Crippen molar-refractivity contribution in [1.82, 2.24) is 5.23 Å². The maximum Gasteiger partial charge on any atom is 0.430 e. The molecule has 104 valence electrons. The van der Waals surface area contributed by atoms with Gasteiger partial charge in [-0.25, -0.2) is 0 Å². The monoisotopic (exact) mass is 273 g/mol. The van der Waals surface area contributed by atoms with Crippen molar-refractivity contribution < 1.29 is 18.2 Å². The molecule has 0 bridgehead atoms.